The first-order valence-corrected chi connectivity index (χ1v) is 7.58. The van der Waals surface area contributed by atoms with Crippen LogP contribution >= 0.6 is 22.6 Å². The van der Waals surface area contributed by atoms with Gasteiger partial charge in [-0.2, -0.15) is 0 Å². The van der Waals surface area contributed by atoms with Crippen LogP contribution in [0.3, 0.4) is 0 Å². The van der Waals surface area contributed by atoms with Gasteiger partial charge in [0.1, 0.15) is 11.9 Å². The SMILES string of the molecule is OC[C@]12CCCN1C[C@@H](Oc1cccc(I)c1)C2. The highest BCUT2D eigenvalue weighted by Crippen LogP contribution is 2.39. The third-order valence-electron chi connectivity index (χ3n) is 4.17. The fraction of sp³-hybridized carbons (Fsp3) is 0.571. The lowest BCUT2D eigenvalue weighted by Crippen LogP contribution is -2.41. The average molecular weight is 359 g/mol. The van der Waals surface area contributed by atoms with E-state index in [1.165, 1.54) is 9.99 Å². The predicted molar refractivity (Wildman–Crippen MR) is 78.8 cm³/mol. The van der Waals surface area contributed by atoms with Gasteiger partial charge in [-0.1, -0.05) is 6.07 Å². The van der Waals surface area contributed by atoms with Crippen LogP contribution in [-0.4, -0.2) is 41.3 Å². The van der Waals surface area contributed by atoms with Crippen molar-refractivity contribution in [3.63, 3.8) is 0 Å². The van der Waals surface area contributed by atoms with Crippen LogP contribution < -0.4 is 4.74 Å². The number of nitrogens with zero attached hydrogens (tertiary/aromatic N) is 1. The van der Waals surface area contributed by atoms with Gasteiger partial charge in [0.05, 0.1) is 6.61 Å². The molecule has 2 atom stereocenters. The van der Waals surface area contributed by atoms with Gasteiger partial charge in [0.15, 0.2) is 0 Å². The Bertz CT molecular complexity index is 440. The zero-order valence-corrected chi connectivity index (χ0v) is 12.5. The van der Waals surface area contributed by atoms with Crippen LogP contribution in [0.25, 0.3) is 0 Å². The largest absolute Gasteiger partial charge is 0.489 e. The number of rotatable bonds is 3. The van der Waals surface area contributed by atoms with Gasteiger partial charge in [0.25, 0.3) is 0 Å². The van der Waals surface area contributed by atoms with E-state index < -0.39 is 0 Å². The molecular weight excluding hydrogens is 341 g/mol. The predicted octanol–water partition coefficient (Wildman–Crippen LogP) is 2.27. The first-order valence-electron chi connectivity index (χ1n) is 6.50. The molecule has 4 heteroatoms. The van der Waals surface area contributed by atoms with Crippen molar-refractivity contribution in [2.24, 2.45) is 0 Å². The maximum absolute atomic E-state index is 9.66. The fourth-order valence-corrected chi connectivity index (χ4v) is 3.81. The third-order valence-corrected chi connectivity index (χ3v) is 4.84. The summed E-state index contributed by atoms with van der Waals surface area (Å²) >= 11 is 2.30. The van der Waals surface area contributed by atoms with Gasteiger partial charge >= 0.3 is 0 Å². The number of aliphatic hydroxyl groups excluding tert-OH is 1. The first kappa shape index (κ1) is 12.7. The van der Waals surface area contributed by atoms with Crippen LogP contribution in [0.2, 0.25) is 0 Å². The minimum Gasteiger partial charge on any atom is -0.489 e. The second-order valence-corrected chi connectivity index (χ2v) is 6.58. The summed E-state index contributed by atoms with van der Waals surface area (Å²) in [6.45, 7) is 2.32. The molecule has 18 heavy (non-hydrogen) atoms. The normalized spacial score (nSPS) is 31.6. The monoisotopic (exact) mass is 359 g/mol. The number of hydrogen-bond donors (Lipinski definition) is 1. The van der Waals surface area contributed by atoms with Crippen LogP contribution in [0.4, 0.5) is 0 Å². The van der Waals surface area contributed by atoms with Crippen molar-refractivity contribution in [3.05, 3.63) is 27.8 Å². The highest BCUT2D eigenvalue weighted by Gasteiger charge is 2.48. The molecule has 0 aliphatic carbocycles. The minimum atomic E-state index is 0.00655. The van der Waals surface area contributed by atoms with E-state index in [1.54, 1.807) is 0 Å². The quantitative estimate of drug-likeness (QED) is 0.841. The molecule has 2 saturated heterocycles. The van der Waals surface area contributed by atoms with Gasteiger partial charge in [-0.15, -0.1) is 0 Å². The van der Waals surface area contributed by atoms with E-state index in [2.05, 4.69) is 39.6 Å². The standard InChI is InChI=1S/C14H18INO2/c15-11-3-1-4-12(7-11)18-13-8-14(10-17)5-2-6-16(14)9-13/h1,3-4,7,13,17H,2,5-6,8-10H2/t13-,14+/m0/s1. The van der Waals surface area contributed by atoms with Crippen molar-refractivity contribution < 1.29 is 9.84 Å². The number of aliphatic hydroxyl groups is 1. The summed E-state index contributed by atoms with van der Waals surface area (Å²) < 4.78 is 7.26. The topological polar surface area (TPSA) is 32.7 Å². The second kappa shape index (κ2) is 4.98. The molecule has 0 saturated carbocycles. The van der Waals surface area contributed by atoms with Crippen LogP contribution in [0.5, 0.6) is 5.75 Å². The van der Waals surface area contributed by atoms with Gasteiger partial charge in [0, 0.05) is 22.1 Å². The molecule has 0 bridgehead atoms. The van der Waals surface area contributed by atoms with Gasteiger partial charge in [0.2, 0.25) is 0 Å². The Hall–Kier alpha value is -0.330. The molecule has 1 N–H and O–H groups in total. The van der Waals surface area contributed by atoms with Crippen LogP contribution in [0, 0.1) is 3.57 Å². The van der Waals surface area contributed by atoms with Crippen LogP contribution in [0.15, 0.2) is 24.3 Å². The van der Waals surface area contributed by atoms with Crippen molar-refractivity contribution in [2.75, 3.05) is 19.7 Å². The molecule has 2 heterocycles. The van der Waals surface area contributed by atoms with Crippen molar-refractivity contribution in [1.29, 1.82) is 0 Å². The fourth-order valence-electron chi connectivity index (χ4n) is 3.30. The second-order valence-electron chi connectivity index (χ2n) is 5.33. The van der Waals surface area contributed by atoms with E-state index in [1.807, 2.05) is 12.1 Å². The maximum atomic E-state index is 9.66. The van der Waals surface area contributed by atoms with Crippen LogP contribution in [-0.2, 0) is 0 Å². The van der Waals surface area contributed by atoms with Crippen molar-refractivity contribution >= 4 is 22.6 Å². The first-order chi connectivity index (χ1) is 8.72. The van der Waals surface area contributed by atoms with E-state index in [9.17, 15) is 5.11 Å². The Balaban J connectivity index is 1.69. The van der Waals surface area contributed by atoms with Gasteiger partial charge in [-0.05, 0) is 60.2 Å². The molecule has 3 nitrogen and oxygen atoms in total. The number of fused-ring (bicyclic) bond motifs is 1. The van der Waals surface area contributed by atoms with E-state index in [4.69, 9.17) is 4.74 Å². The maximum Gasteiger partial charge on any atom is 0.120 e. The molecule has 0 unspecified atom stereocenters. The Kier molecular flexibility index (Phi) is 3.51. The minimum absolute atomic E-state index is 0.00655. The molecule has 0 aromatic heterocycles. The summed E-state index contributed by atoms with van der Waals surface area (Å²) in [4.78, 5) is 2.41. The molecule has 3 rings (SSSR count). The molecule has 2 fully saturated rings. The van der Waals surface area contributed by atoms with Gasteiger partial charge in [-0.25, -0.2) is 0 Å². The Morgan fingerprint density at radius 3 is 3.11 bits per heavy atom. The molecule has 0 spiro atoms. The number of benzene rings is 1. The number of halogens is 1. The summed E-state index contributed by atoms with van der Waals surface area (Å²) in [5, 5.41) is 9.66. The molecule has 1 aromatic rings. The van der Waals surface area contributed by atoms with E-state index >= 15 is 0 Å². The lowest BCUT2D eigenvalue weighted by molar-refractivity contribution is 0.0993. The lowest BCUT2D eigenvalue weighted by Gasteiger charge is -2.28. The smallest absolute Gasteiger partial charge is 0.120 e. The summed E-state index contributed by atoms with van der Waals surface area (Å²) in [6.07, 6.45) is 3.48. The molecule has 0 amide bonds. The van der Waals surface area contributed by atoms with Gasteiger partial charge in [-0.3, -0.25) is 4.90 Å². The molecule has 2 aliphatic heterocycles. The summed E-state index contributed by atoms with van der Waals surface area (Å²) in [6, 6.07) is 8.16. The highest BCUT2D eigenvalue weighted by molar-refractivity contribution is 14.1. The molecule has 0 radical (unpaired) electrons. The van der Waals surface area contributed by atoms with Gasteiger partial charge < -0.3 is 9.84 Å². The average Bonchev–Trinajstić information content (AvgIpc) is 2.85. The Labute approximate surface area is 121 Å². The highest BCUT2D eigenvalue weighted by atomic mass is 127. The number of ether oxygens (including phenoxy) is 1. The Morgan fingerprint density at radius 1 is 1.50 bits per heavy atom. The molecule has 1 aromatic carbocycles. The summed E-state index contributed by atoms with van der Waals surface area (Å²) in [5.74, 6) is 0.946. The lowest BCUT2D eigenvalue weighted by atomic mass is 9.94. The summed E-state index contributed by atoms with van der Waals surface area (Å²) in [7, 11) is 0. The molecule has 98 valence electrons. The third kappa shape index (κ3) is 2.26. The van der Waals surface area contributed by atoms with Crippen molar-refractivity contribution in [2.45, 2.75) is 30.9 Å². The van der Waals surface area contributed by atoms with E-state index in [-0.39, 0.29) is 18.2 Å². The summed E-state index contributed by atoms with van der Waals surface area (Å²) in [5.41, 5.74) is 0.00655. The Morgan fingerprint density at radius 2 is 2.39 bits per heavy atom. The van der Waals surface area contributed by atoms with Crippen molar-refractivity contribution in [1.82, 2.24) is 4.90 Å². The van der Waals surface area contributed by atoms with E-state index in [0.29, 0.717) is 0 Å². The molecular formula is C14H18INO2. The van der Waals surface area contributed by atoms with Crippen LogP contribution in [0.1, 0.15) is 19.3 Å². The number of hydrogen-bond acceptors (Lipinski definition) is 3. The zero-order valence-electron chi connectivity index (χ0n) is 10.3. The van der Waals surface area contributed by atoms with E-state index in [0.717, 1.165) is 31.7 Å². The van der Waals surface area contributed by atoms with Crippen molar-refractivity contribution in [3.8, 4) is 5.75 Å². The zero-order chi connectivity index (χ0) is 12.6. The molecule has 2 aliphatic rings.